The molecule has 0 saturated carbocycles. The average molecular weight is 260 g/mol. The Kier molecular flexibility index (Phi) is 3.94. The van der Waals surface area contributed by atoms with Gasteiger partial charge in [0.2, 0.25) is 0 Å². The fraction of sp³-hybridized carbons (Fsp3) is 0.357. The highest BCUT2D eigenvalue weighted by Gasteiger charge is 2.33. The summed E-state index contributed by atoms with van der Waals surface area (Å²) in [5, 5.41) is 14.3. The minimum atomic E-state index is -0.887. The molecule has 2 rings (SSSR count). The first-order chi connectivity index (χ1) is 9.08. The number of amides is 1. The first-order valence-corrected chi connectivity index (χ1v) is 6.20. The molecule has 5 heteroatoms. The number of carboxylic acid groups (broad SMARTS) is 1. The van der Waals surface area contributed by atoms with Crippen LogP contribution in [0.5, 0.6) is 0 Å². The van der Waals surface area contributed by atoms with Crippen LogP contribution in [0, 0.1) is 5.92 Å². The average Bonchev–Trinajstić information content (AvgIpc) is 2.63. The SMILES string of the molecule is CC1=NN(Cc2ccccc2)C(=O)C1CCC(=O)O. The summed E-state index contributed by atoms with van der Waals surface area (Å²) in [5.74, 6) is -1.38. The van der Waals surface area contributed by atoms with E-state index in [1.54, 1.807) is 6.92 Å². The number of rotatable bonds is 5. The van der Waals surface area contributed by atoms with Crippen LogP contribution in [0.3, 0.4) is 0 Å². The van der Waals surface area contributed by atoms with Crippen LogP contribution in [0.2, 0.25) is 0 Å². The molecular formula is C14H16N2O3. The van der Waals surface area contributed by atoms with Gasteiger partial charge in [0.25, 0.3) is 5.91 Å². The van der Waals surface area contributed by atoms with E-state index in [1.165, 1.54) is 5.01 Å². The van der Waals surface area contributed by atoms with E-state index in [0.717, 1.165) is 5.56 Å². The lowest BCUT2D eigenvalue weighted by Gasteiger charge is -2.13. The minimum Gasteiger partial charge on any atom is -0.481 e. The highest BCUT2D eigenvalue weighted by atomic mass is 16.4. The van der Waals surface area contributed by atoms with Crippen LogP contribution in [0.1, 0.15) is 25.3 Å². The van der Waals surface area contributed by atoms with Crippen LogP contribution in [-0.2, 0) is 16.1 Å². The van der Waals surface area contributed by atoms with Crippen molar-refractivity contribution in [2.45, 2.75) is 26.3 Å². The van der Waals surface area contributed by atoms with Gasteiger partial charge in [0, 0.05) is 12.1 Å². The number of benzene rings is 1. The van der Waals surface area contributed by atoms with Crippen LogP contribution in [0.15, 0.2) is 35.4 Å². The van der Waals surface area contributed by atoms with Crippen LogP contribution in [0.4, 0.5) is 0 Å². The van der Waals surface area contributed by atoms with Gasteiger partial charge in [-0.2, -0.15) is 5.10 Å². The molecule has 0 fully saturated rings. The molecular weight excluding hydrogens is 244 g/mol. The molecule has 0 aliphatic carbocycles. The Morgan fingerprint density at radius 2 is 2.05 bits per heavy atom. The molecule has 0 radical (unpaired) electrons. The molecule has 1 aliphatic heterocycles. The number of aliphatic carboxylic acids is 1. The number of carbonyl (C=O) groups is 2. The second kappa shape index (κ2) is 5.65. The Bertz CT molecular complexity index is 511. The predicted octanol–water partition coefficient (Wildman–Crippen LogP) is 1.89. The normalized spacial score (nSPS) is 18.6. The van der Waals surface area contributed by atoms with E-state index < -0.39 is 5.97 Å². The van der Waals surface area contributed by atoms with Gasteiger partial charge in [-0.1, -0.05) is 30.3 Å². The molecule has 0 aromatic heterocycles. The number of carbonyl (C=O) groups excluding carboxylic acids is 1. The van der Waals surface area contributed by atoms with Crippen molar-refractivity contribution in [3.8, 4) is 0 Å². The summed E-state index contributed by atoms with van der Waals surface area (Å²) < 4.78 is 0. The zero-order valence-electron chi connectivity index (χ0n) is 10.7. The van der Waals surface area contributed by atoms with Crippen LogP contribution in [-0.4, -0.2) is 27.7 Å². The lowest BCUT2D eigenvalue weighted by atomic mass is 9.98. The molecule has 1 atom stereocenters. The van der Waals surface area contributed by atoms with Gasteiger partial charge >= 0.3 is 5.97 Å². The molecule has 1 heterocycles. The number of hydrazone groups is 1. The van der Waals surface area contributed by atoms with Crippen molar-refractivity contribution in [2.75, 3.05) is 0 Å². The van der Waals surface area contributed by atoms with Crippen LogP contribution >= 0.6 is 0 Å². The lowest BCUT2D eigenvalue weighted by molar-refractivity contribution is -0.137. The third-order valence-corrected chi connectivity index (χ3v) is 3.16. The number of hydrogen-bond acceptors (Lipinski definition) is 3. The van der Waals surface area contributed by atoms with Gasteiger partial charge in [-0.15, -0.1) is 0 Å². The standard InChI is InChI=1S/C14H16N2O3/c1-10-12(7-8-13(17)18)14(19)16(15-10)9-11-5-3-2-4-6-11/h2-6,12H,7-9H2,1H3,(H,17,18). The topological polar surface area (TPSA) is 70.0 Å². The van der Waals surface area contributed by atoms with Crippen molar-refractivity contribution in [2.24, 2.45) is 11.0 Å². The second-order valence-electron chi connectivity index (χ2n) is 4.61. The lowest BCUT2D eigenvalue weighted by Crippen LogP contribution is -2.27. The Morgan fingerprint density at radius 1 is 1.37 bits per heavy atom. The first kappa shape index (κ1) is 13.3. The number of hydrogen-bond donors (Lipinski definition) is 1. The van der Waals surface area contributed by atoms with Gasteiger partial charge < -0.3 is 5.11 Å². The monoisotopic (exact) mass is 260 g/mol. The Hall–Kier alpha value is -2.17. The highest BCUT2D eigenvalue weighted by molar-refractivity contribution is 6.06. The zero-order chi connectivity index (χ0) is 13.8. The van der Waals surface area contributed by atoms with E-state index in [2.05, 4.69) is 5.10 Å². The van der Waals surface area contributed by atoms with Gasteiger partial charge in [0.15, 0.2) is 0 Å². The van der Waals surface area contributed by atoms with Gasteiger partial charge in [0.1, 0.15) is 0 Å². The molecule has 0 bridgehead atoms. The molecule has 0 saturated heterocycles. The number of nitrogens with zero attached hydrogens (tertiary/aromatic N) is 2. The Morgan fingerprint density at radius 3 is 2.68 bits per heavy atom. The summed E-state index contributed by atoms with van der Waals surface area (Å²) in [5.41, 5.74) is 1.70. The van der Waals surface area contributed by atoms with E-state index in [1.807, 2.05) is 30.3 Å². The van der Waals surface area contributed by atoms with Gasteiger partial charge in [-0.3, -0.25) is 9.59 Å². The maximum Gasteiger partial charge on any atom is 0.303 e. The fourth-order valence-corrected chi connectivity index (χ4v) is 2.14. The van der Waals surface area contributed by atoms with Crippen molar-refractivity contribution >= 4 is 17.6 Å². The molecule has 100 valence electrons. The summed E-state index contributed by atoms with van der Waals surface area (Å²) in [6.07, 6.45) is 0.303. The summed E-state index contributed by atoms with van der Waals surface area (Å²) in [4.78, 5) is 22.7. The molecule has 19 heavy (non-hydrogen) atoms. The molecule has 1 aliphatic rings. The summed E-state index contributed by atoms with van der Waals surface area (Å²) in [6, 6.07) is 9.60. The molecule has 1 unspecified atom stereocenters. The predicted molar refractivity (Wildman–Crippen MR) is 70.5 cm³/mol. The Labute approximate surface area is 111 Å². The van der Waals surface area contributed by atoms with Crippen molar-refractivity contribution in [3.05, 3.63) is 35.9 Å². The maximum atomic E-state index is 12.2. The number of carboxylic acids is 1. The van der Waals surface area contributed by atoms with E-state index in [-0.39, 0.29) is 18.2 Å². The summed E-state index contributed by atoms with van der Waals surface area (Å²) in [7, 11) is 0. The third kappa shape index (κ3) is 3.19. The van der Waals surface area contributed by atoms with Gasteiger partial charge in [-0.25, -0.2) is 5.01 Å². The summed E-state index contributed by atoms with van der Waals surface area (Å²) in [6.45, 7) is 2.20. The molecule has 1 N–H and O–H groups in total. The first-order valence-electron chi connectivity index (χ1n) is 6.20. The fourth-order valence-electron chi connectivity index (χ4n) is 2.14. The quantitative estimate of drug-likeness (QED) is 0.878. The Balaban J connectivity index is 2.01. The third-order valence-electron chi connectivity index (χ3n) is 3.16. The summed E-state index contributed by atoms with van der Waals surface area (Å²) >= 11 is 0. The van der Waals surface area contributed by atoms with Crippen molar-refractivity contribution < 1.29 is 14.7 Å². The van der Waals surface area contributed by atoms with Crippen LogP contribution < -0.4 is 0 Å². The van der Waals surface area contributed by atoms with E-state index >= 15 is 0 Å². The molecule has 1 aromatic carbocycles. The second-order valence-corrected chi connectivity index (χ2v) is 4.61. The molecule has 1 aromatic rings. The largest absolute Gasteiger partial charge is 0.481 e. The van der Waals surface area contributed by atoms with Crippen LogP contribution in [0.25, 0.3) is 0 Å². The van der Waals surface area contributed by atoms with Crippen molar-refractivity contribution in [3.63, 3.8) is 0 Å². The zero-order valence-corrected chi connectivity index (χ0v) is 10.7. The van der Waals surface area contributed by atoms with Gasteiger partial charge in [-0.05, 0) is 18.9 Å². The highest BCUT2D eigenvalue weighted by Crippen LogP contribution is 2.22. The maximum absolute atomic E-state index is 12.2. The van der Waals surface area contributed by atoms with E-state index in [0.29, 0.717) is 18.7 Å². The van der Waals surface area contributed by atoms with E-state index in [9.17, 15) is 9.59 Å². The van der Waals surface area contributed by atoms with Gasteiger partial charge in [0.05, 0.1) is 12.5 Å². The van der Waals surface area contributed by atoms with E-state index in [4.69, 9.17) is 5.11 Å². The van der Waals surface area contributed by atoms with Crippen molar-refractivity contribution in [1.29, 1.82) is 0 Å². The smallest absolute Gasteiger partial charge is 0.303 e. The minimum absolute atomic E-state index is 0.0115. The molecule has 1 amide bonds. The molecule has 0 spiro atoms. The van der Waals surface area contributed by atoms with Crippen molar-refractivity contribution in [1.82, 2.24) is 5.01 Å². The molecule has 5 nitrogen and oxygen atoms in total.